The highest BCUT2D eigenvalue weighted by Gasteiger charge is 2.14. The number of hydrogen-bond acceptors (Lipinski definition) is 3. The molecule has 0 saturated heterocycles. The van der Waals surface area contributed by atoms with Crippen LogP contribution in [0.4, 0.5) is 0 Å². The van der Waals surface area contributed by atoms with Crippen molar-refractivity contribution in [3.05, 3.63) is 146 Å². The average Bonchev–Trinajstić information content (AvgIpc) is 3.78. The number of benzene rings is 7. The van der Waals surface area contributed by atoms with Crippen molar-refractivity contribution < 1.29 is 8.83 Å². The van der Waals surface area contributed by atoms with Crippen LogP contribution in [0.15, 0.2) is 154 Å². The summed E-state index contributed by atoms with van der Waals surface area (Å²) in [7, 11) is 0. The third kappa shape index (κ3) is 3.81. The summed E-state index contributed by atoms with van der Waals surface area (Å²) in [5.41, 5.74) is 10.8. The van der Waals surface area contributed by atoms with Gasteiger partial charge in [-0.25, -0.2) is 0 Å². The Hall–Kier alpha value is -5.64. The molecule has 210 valence electrons. The van der Waals surface area contributed by atoms with Crippen LogP contribution in [-0.2, 0) is 0 Å². The Morgan fingerprint density at radius 2 is 0.822 bits per heavy atom. The van der Waals surface area contributed by atoms with Gasteiger partial charge in [0.25, 0.3) is 0 Å². The lowest BCUT2D eigenvalue weighted by Gasteiger charge is -2.07. The van der Waals surface area contributed by atoms with Crippen LogP contribution in [0.3, 0.4) is 0 Å². The SMILES string of the molecule is c1ccc2c(c1)oc1ccc(-c3ccc4oc5ccc(-c6ccc(-c7cccc8c7sc7ccccc78)cc6)cc5c4c3)cc12. The predicted octanol–water partition coefficient (Wildman–Crippen LogP) is 12.9. The van der Waals surface area contributed by atoms with Crippen LogP contribution in [-0.4, -0.2) is 0 Å². The zero-order valence-electron chi connectivity index (χ0n) is 24.1. The number of furan rings is 2. The molecule has 0 fully saturated rings. The quantitative estimate of drug-likeness (QED) is 0.204. The van der Waals surface area contributed by atoms with Gasteiger partial charge in [-0.05, 0) is 81.9 Å². The maximum Gasteiger partial charge on any atom is 0.135 e. The monoisotopic (exact) mass is 592 g/mol. The maximum atomic E-state index is 6.28. The Morgan fingerprint density at radius 1 is 0.333 bits per heavy atom. The zero-order valence-corrected chi connectivity index (χ0v) is 24.9. The third-order valence-corrected chi connectivity index (χ3v) is 10.3. The van der Waals surface area contributed by atoms with Crippen LogP contribution in [0.2, 0.25) is 0 Å². The van der Waals surface area contributed by atoms with Crippen molar-refractivity contribution in [1.29, 1.82) is 0 Å². The van der Waals surface area contributed by atoms with Crippen molar-refractivity contribution >= 4 is 75.4 Å². The van der Waals surface area contributed by atoms with Gasteiger partial charge in [0, 0.05) is 41.7 Å². The lowest BCUT2D eigenvalue weighted by molar-refractivity contribution is 0.668. The molecule has 0 unspecified atom stereocenters. The molecule has 2 nitrogen and oxygen atoms in total. The van der Waals surface area contributed by atoms with E-state index in [1.54, 1.807) is 0 Å². The largest absolute Gasteiger partial charge is 0.456 e. The van der Waals surface area contributed by atoms with Crippen molar-refractivity contribution in [2.75, 3.05) is 0 Å². The van der Waals surface area contributed by atoms with Gasteiger partial charge in [-0.2, -0.15) is 0 Å². The van der Waals surface area contributed by atoms with E-state index in [0.717, 1.165) is 55.0 Å². The summed E-state index contributed by atoms with van der Waals surface area (Å²) in [4.78, 5) is 0. The zero-order chi connectivity index (χ0) is 29.5. The van der Waals surface area contributed by atoms with E-state index in [4.69, 9.17) is 8.83 Å². The van der Waals surface area contributed by atoms with E-state index in [9.17, 15) is 0 Å². The fourth-order valence-corrected chi connectivity index (χ4v) is 8.10. The fourth-order valence-electron chi connectivity index (χ4n) is 6.86. The maximum absolute atomic E-state index is 6.28. The van der Waals surface area contributed by atoms with E-state index >= 15 is 0 Å². The molecule has 7 aromatic carbocycles. The summed E-state index contributed by atoms with van der Waals surface area (Å²) in [6.07, 6.45) is 0. The molecular formula is C42H24O2S. The molecule has 3 aromatic heterocycles. The van der Waals surface area contributed by atoms with E-state index in [-0.39, 0.29) is 0 Å². The van der Waals surface area contributed by atoms with Crippen LogP contribution in [0.25, 0.3) is 97.4 Å². The summed E-state index contributed by atoms with van der Waals surface area (Å²) >= 11 is 1.87. The van der Waals surface area contributed by atoms with E-state index in [2.05, 4.69) is 133 Å². The van der Waals surface area contributed by atoms with E-state index in [1.807, 2.05) is 23.5 Å². The molecule has 0 radical (unpaired) electrons. The molecule has 0 bridgehead atoms. The average molecular weight is 593 g/mol. The van der Waals surface area contributed by atoms with Gasteiger partial charge < -0.3 is 8.83 Å². The van der Waals surface area contributed by atoms with Gasteiger partial charge in [-0.15, -0.1) is 11.3 Å². The van der Waals surface area contributed by atoms with Gasteiger partial charge in [-0.1, -0.05) is 97.1 Å². The van der Waals surface area contributed by atoms with E-state index in [1.165, 1.54) is 42.4 Å². The lowest BCUT2D eigenvalue weighted by atomic mass is 9.97. The number of thiophene rings is 1. The molecule has 10 rings (SSSR count). The van der Waals surface area contributed by atoms with Crippen molar-refractivity contribution in [3.8, 4) is 33.4 Å². The molecule has 0 N–H and O–H groups in total. The molecule has 3 heteroatoms. The predicted molar refractivity (Wildman–Crippen MR) is 190 cm³/mol. The number of para-hydroxylation sites is 1. The minimum atomic E-state index is 0.896. The topological polar surface area (TPSA) is 26.3 Å². The molecule has 10 aromatic rings. The Bertz CT molecular complexity index is 2760. The first-order valence-corrected chi connectivity index (χ1v) is 16.0. The molecule has 0 amide bonds. The highest BCUT2D eigenvalue weighted by Crippen LogP contribution is 2.41. The second-order valence-electron chi connectivity index (χ2n) is 11.7. The normalized spacial score (nSPS) is 12.0. The first-order valence-electron chi connectivity index (χ1n) is 15.2. The second-order valence-corrected chi connectivity index (χ2v) is 12.7. The highest BCUT2D eigenvalue weighted by atomic mass is 32.1. The second kappa shape index (κ2) is 9.43. The number of hydrogen-bond donors (Lipinski definition) is 0. The first kappa shape index (κ1) is 24.8. The van der Waals surface area contributed by atoms with Crippen LogP contribution < -0.4 is 0 Å². The molecule has 0 spiro atoms. The lowest BCUT2D eigenvalue weighted by Crippen LogP contribution is -1.81. The standard InChI is InChI=1S/C42H24O2S/c1-3-10-37-31(6-1)34-23-28(17-20-38(34)43-37)29-18-21-40-36(24-29)35-22-27(16-19-39(35)44-40)25-12-14-26(15-13-25)30-8-5-9-33-32-7-2-4-11-41(32)45-42(30)33/h1-24H. The van der Waals surface area contributed by atoms with Gasteiger partial charge >= 0.3 is 0 Å². The summed E-state index contributed by atoms with van der Waals surface area (Å²) in [6.45, 7) is 0. The van der Waals surface area contributed by atoms with Crippen molar-refractivity contribution in [2.24, 2.45) is 0 Å². The van der Waals surface area contributed by atoms with Crippen LogP contribution in [0.1, 0.15) is 0 Å². The Morgan fingerprint density at radius 3 is 1.51 bits per heavy atom. The van der Waals surface area contributed by atoms with E-state index in [0.29, 0.717) is 0 Å². The third-order valence-electron chi connectivity index (χ3n) is 9.11. The van der Waals surface area contributed by atoms with Gasteiger partial charge in [0.2, 0.25) is 0 Å². The van der Waals surface area contributed by atoms with Crippen molar-refractivity contribution in [2.45, 2.75) is 0 Å². The molecule has 0 aliphatic heterocycles. The van der Waals surface area contributed by atoms with Crippen LogP contribution >= 0.6 is 11.3 Å². The molecule has 45 heavy (non-hydrogen) atoms. The molecular weight excluding hydrogens is 569 g/mol. The molecule has 0 saturated carbocycles. The summed E-state index contributed by atoms with van der Waals surface area (Å²) in [5.74, 6) is 0. The van der Waals surface area contributed by atoms with Gasteiger partial charge in [0.15, 0.2) is 0 Å². The van der Waals surface area contributed by atoms with Gasteiger partial charge in [-0.3, -0.25) is 0 Å². The molecule has 0 atom stereocenters. The van der Waals surface area contributed by atoms with Gasteiger partial charge in [0.1, 0.15) is 22.3 Å². The van der Waals surface area contributed by atoms with Crippen molar-refractivity contribution in [1.82, 2.24) is 0 Å². The first-order chi connectivity index (χ1) is 22.3. The Kier molecular flexibility index (Phi) is 5.19. The fraction of sp³-hybridized carbons (Fsp3) is 0. The summed E-state index contributed by atoms with van der Waals surface area (Å²) < 4.78 is 15.0. The molecule has 0 aliphatic rings. The van der Waals surface area contributed by atoms with E-state index < -0.39 is 0 Å². The Balaban J connectivity index is 1.04. The highest BCUT2D eigenvalue weighted by molar-refractivity contribution is 7.26. The molecule has 0 aliphatic carbocycles. The minimum absolute atomic E-state index is 0.896. The Labute approximate surface area is 262 Å². The van der Waals surface area contributed by atoms with Crippen LogP contribution in [0, 0.1) is 0 Å². The summed E-state index contributed by atoms with van der Waals surface area (Å²) in [5, 5.41) is 7.17. The number of rotatable bonds is 3. The van der Waals surface area contributed by atoms with Crippen LogP contribution in [0.5, 0.6) is 0 Å². The minimum Gasteiger partial charge on any atom is -0.456 e. The number of fused-ring (bicyclic) bond motifs is 9. The molecule has 3 heterocycles. The summed E-state index contributed by atoms with van der Waals surface area (Å²) in [6, 6.07) is 52.0. The van der Waals surface area contributed by atoms with Gasteiger partial charge in [0.05, 0.1) is 0 Å². The van der Waals surface area contributed by atoms with Crippen molar-refractivity contribution in [3.63, 3.8) is 0 Å². The smallest absolute Gasteiger partial charge is 0.135 e.